The number of hydrogen-bond donors (Lipinski definition) is 0. The predicted molar refractivity (Wildman–Crippen MR) is 120 cm³/mol. The number of pyridine rings is 2. The second-order valence-electron chi connectivity index (χ2n) is 7.80. The van der Waals surface area contributed by atoms with Crippen LogP contribution < -0.4 is 5.56 Å². The molecule has 3 heterocycles. The standard InChI is InChI=1S/C26H22N2O3/c1-2-19-20-14-24(23-13-12-18-10-6-7-11-22(18)27-23)28(15-17-8-4-3-5-9-17)25(29)21(20)16-31-26(19)30/h3-14,19H,2,15-16H2,1H3. The Labute approximate surface area is 179 Å². The lowest BCUT2D eigenvalue weighted by Gasteiger charge is -2.26. The van der Waals surface area contributed by atoms with E-state index in [1.807, 2.05) is 79.7 Å². The minimum Gasteiger partial charge on any atom is -0.460 e. The van der Waals surface area contributed by atoms with Crippen molar-refractivity contribution >= 4 is 16.9 Å². The van der Waals surface area contributed by atoms with Crippen LogP contribution in [0.25, 0.3) is 22.3 Å². The number of fused-ring (bicyclic) bond motifs is 2. The van der Waals surface area contributed by atoms with Crippen molar-refractivity contribution < 1.29 is 9.53 Å². The summed E-state index contributed by atoms with van der Waals surface area (Å²) in [5, 5.41) is 1.04. The summed E-state index contributed by atoms with van der Waals surface area (Å²) in [4.78, 5) is 30.8. The number of cyclic esters (lactones) is 1. The highest BCUT2D eigenvalue weighted by atomic mass is 16.5. The third kappa shape index (κ3) is 3.42. The topological polar surface area (TPSA) is 61.2 Å². The average molecular weight is 410 g/mol. The van der Waals surface area contributed by atoms with E-state index in [1.165, 1.54) is 0 Å². The molecule has 1 aliphatic rings. The Morgan fingerprint density at radius 1 is 1.00 bits per heavy atom. The van der Waals surface area contributed by atoms with Crippen LogP contribution in [0.3, 0.4) is 0 Å². The molecule has 4 aromatic rings. The van der Waals surface area contributed by atoms with Gasteiger partial charge in [0.25, 0.3) is 5.56 Å². The zero-order chi connectivity index (χ0) is 21.4. The molecular weight excluding hydrogens is 388 g/mol. The Morgan fingerprint density at radius 3 is 2.58 bits per heavy atom. The van der Waals surface area contributed by atoms with Crippen molar-refractivity contribution in [2.45, 2.75) is 32.4 Å². The number of para-hydroxylation sites is 1. The van der Waals surface area contributed by atoms with Gasteiger partial charge >= 0.3 is 5.97 Å². The summed E-state index contributed by atoms with van der Waals surface area (Å²) < 4.78 is 7.08. The van der Waals surface area contributed by atoms with E-state index in [4.69, 9.17) is 9.72 Å². The third-order valence-corrected chi connectivity index (χ3v) is 5.91. The van der Waals surface area contributed by atoms with Gasteiger partial charge in [-0.2, -0.15) is 0 Å². The first-order chi connectivity index (χ1) is 15.2. The van der Waals surface area contributed by atoms with Gasteiger partial charge in [-0.3, -0.25) is 9.59 Å². The number of carbonyl (C=O) groups is 1. The molecule has 154 valence electrons. The molecule has 2 aromatic heterocycles. The molecule has 0 spiro atoms. The highest BCUT2D eigenvalue weighted by Crippen LogP contribution is 2.32. The summed E-state index contributed by atoms with van der Waals surface area (Å²) in [6.45, 7) is 2.37. The first kappa shape index (κ1) is 19.2. The lowest BCUT2D eigenvalue weighted by molar-refractivity contribution is -0.148. The smallest absolute Gasteiger partial charge is 0.313 e. The summed E-state index contributed by atoms with van der Waals surface area (Å²) in [5.41, 5.74) is 4.51. The first-order valence-electron chi connectivity index (χ1n) is 10.5. The number of nitrogens with zero attached hydrogens (tertiary/aromatic N) is 2. The number of hydrogen-bond acceptors (Lipinski definition) is 4. The van der Waals surface area contributed by atoms with Crippen LogP contribution in [0, 0.1) is 0 Å². The predicted octanol–water partition coefficient (Wildman–Crippen LogP) is 4.66. The first-order valence-corrected chi connectivity index (χ1v) is 10.5. The van der Waals surface area contributed by atoms with Crippen LogP contribution in [0.1, 0.15) is 36.0 Å². The maximum Gasteiger partial charge on any atom is 0.313 e. The fourth-order valence-corrected chi connectivity index (χ4v) is 4.27. The number of ether oxygens (including phenoxy) is 1. The molecule has 0 N–H and O–H groups in total. The van der Waals surface area contributed by atoms with E-state index >= 15 is 0 Å². The van der Waals surface area contributed by atoms with E-state index in [1.54, 1.807) is 4.57 Å². The molecule has 0 bridgehead atoms. The molecule has 1 aliphatic heterocycles. The minimum absolute atomic E-state index is 0.0176. The van der Waals surface area contributed by atoms with Crippen LogP contribution in [-0.4, -0.2) is 15.5 Å². The normalized spacial score (nSPS) is 15.5. The summed E-state index contributed by atoms with van der Waals surface area (Å²) >= 11 is 0. The van der Waals surface area contributed by atoms with E-state index in [-0.39, 0.29) is 18.1 Å². The monoisotopic (exact) mass is 410 g/mol. The van der Waals surface area contributed by atoms with Gasteiger partial charge in [0, 0.05) is 5.39 Å². The van der Waals surface area contributed by atoms with Crippen molar-refractivity contribution in [2.75, 3.05) is 0 Å². The molecule has 0 amide bonds. The van der Waals surface area contributed by atoms with Crippen molar-refractivity contribution in [1.29, 1.82) is 0 Å². The molecule has 0 saturated heterocycles. The molecule has 1 atom stereocenters. The molecule has 5 nitrogen and oxygen atoms in total. The maximum atomic E-state index is 13.6. The second-order valence-corrected chi connectivity index (χ2v) is 7.80. The van der Waals surface area contributed by atoms with Crippen LogP contribution in [-0.2, 0) is 22.7 Å². The molecule has 0 saturated carbocycles. The van der Waals surface area contributed by atoms with Gasteiger partial charge < -0.3 is 9.30 Å². The quantitative estimate of drug-likeness (QED) is 0.459. The van der Waals surface area contributed by atoms with Gasteiger partial charge in [0.05, 0.1) is 34.9 Å². The molecule has 31 heavy (non-hydrogen) atoms. The molecule has 2 aromatic carbocycles. The van der Waals surface area contributed by atoms with Crippen molar-refractivity contribution in [1.82, 2.24) is 9.55 Å². The van der Waals surface area contributed by atoms with Crippen LogP contribution >= 0.6 is 0 Å². The van der Waals surface area contributed by atoms with E-state index < -0.39 is 5.92 Å². The molecule has 0 fully saturated rings. The minimum atomic E-state index is -0.429. The molecule has 5 heteroatoms. The Morgan fingerprint density at radius 2 is 1.77 bits per heavy atom. The summed E-state index contributed by atoms with van der Waals surface area (Å²) in [7, 11) is 0. The lowest BCUT2D eigenvalue weighted by Crippen LogP contribution is -2.33. The van der Waals surface area contributed by atoms with Gasteiger partial charge in [0.1, 0.15) is 6.61 Å². The fraction of sp³-hybridized carbons (Fsp3) is 0.192. The van der Waals surface area contributed by atoms with Crippen LogP contribution in [0.5, 0.6) is 0 Å². The van der Waals surface area contributed by atoms with Gasteiger partial charge in [-0.15, -0.1) is 0 Å². The Kier molecular flexibility index (Phi) is 4.86. The number of benzene rings is 2. The summed E-state index contributed by atoms with van der Waals surface area (Å²) in [5.74, 6) is -0.699. The number of carbonyl (C=O) groups excluding carboxylic acids is 1. The van der Waals surface area contributed by atoms with Gasteiger partial charge in [-0.05, 0) is 35.7 Å². The van der Waals surface area contributed by atoms with Crippen molar-refractivity contribution in [3.05, 3.63) is 99.8 Å². The van der Waals surface area contributed by atoms with Gasteiger partial charge in [0.15, 0.2) is 0 Å². The molecular formula is C26H22N2O3. The van der Waals surface area contributed by atoms with Crippen molar-refractivity contribution in [3.63, 3.8) is 0 Å². The second kappa shape index (κ2) is 7.84. The Balaban J connectivity index is 1.75. The SMILES string of the molecule is CCC1C(=O)OCc2c1cc(-c1ccc3ccccc3n1)n(Cc1ccccc1)c2=O. The Hall–Kier alpha value is -3.73. The molecule has 5 rings (SSSR count). The van der Waals surface area contributed by atoms with E-state index in [2.05, 4.69) is 0 Å². The third-order valence-electron chi connectivity index (χ3n) is 5.91. The highest BCUT2D eigenvalue weighted by molar-refractivity contribution is 5.83. The number of rotatable bonds is 4. The van der Waals surface area contributed by atoms with Crippen LogP contribution in [0.4, 0.5) is 0 Å². The van der Waals surface area contributed by atoms with Crippen molar-refractivity contribution in [3.8, 4) is 11.4 Å². The van der Waals surface area contributed by atoms with Gasteiger partial charge in [-0.1, -0.05) is 61.5 Å². The molecule has 0 radical (unpaired) electrons. The van der Waals surface area contributed by atoms with Gasteiger partial charge in [0.2, 0.25) is 0 Å². The Bertz CT molecular complexity index is 1340. The van der Waals surface area contributed by atoms with Crippen molar-refractivity contribution in [2.24, 2.45) is 0 Å². The zero-order valence-electron chi connectivity index (χ0n) is 17.2. The zero-order valence-corrected chi connectivity index (χ0v) is 17.2. The van der Waals surface area contributed by atoms with E-state index in [0.717, 1.165) is 22.0 Å². The van der Waals surface area contributed by atoms with Crippen LogP contribution in [0.15, 0.2) is 77.6 Å². The molecule has 1 unspecified atom stereocenters. The number of esters is 1. The fourth-order valence-electron chi connectivity index (χ4n) is 4.27. The van der Waals surface area contributed by atoms with E-state index in [0.29, 0.717) is 29.9 Å². The van der Waals surface area contributed by atoms with E-state index in [9.17, 15) is 9.59 Å². The summed E-state index contributed by atoms with van der Waals surface area (Å²) in [6, 6.07) is 23.7. The average Bonchev–Trinajstić information content (AvgIpc) is 2.81. The number of aromatic nitrogens is 2. The van der Waals surface area contributed by atoms with Gasteiger partial charge in [-0.25, -0.2) is 4.98 Å². The van der Waals surface area contributed by atoms with Crippen LogP contribution in [0.2, 0.25) is 0 Å². The summed E-state index contributed by atoms with van der Waals surface area (Å²) in [6.07, 6.45) is 0.582. The highest BCUT2D eigenvalue weighted by Gasteiger charge is 2.31. The maximum absolute atomic E-state index is 13.6. The largest absolute Gasteiger partial charge is 0.460 e. The lowest BCUT2D eigenvalue weighted by atomic mass is 9.90. The molecule has 0 aliphatic carbocycles.